The van der Waals surface area contributed by atoms with Crippen molar-refractivity contribution in [1.29, 1.82) is 0 Å². The van der Waals surface area contributed by atoms with Crippen molar-refractivity contribution in [3.63, 3.8) is 0 Å². The molecule has 23 heavy (non-hydrogen) atoms. The highest BCUT2D eigenvalue weighted by Crippen LogP contribution is 2.22. The number of anilines is 1. The highest BCUT2D eigenvalue weighted by atomic mass is 32.1. The molecule has 2 rings (SSSR count). The van der Waals surface area contributed by atoms with Crippen molar-refractivity contribution in [1.82, 2.24) is 15.6 Å². The molecule has 0 fully saturated rings. The third-order valence-electron chi connectivity index (χ3n) is 3.57. The molecule has 1 unspecified atom stereocenters. The Morgan fingerprint density at radius 1 is 1.39 bits per heavy atom. The van der Waals surface area contributed by atoms with Crippen LogP contribution in [-0.2, 0) is 17.9 Å². The van der Waals surface area contributed by atoms with Gasteiger partial charge in [-0.15, -0.1) is 11.3 Å². The van der Waals surface area contributed by atoms with E-state index in [4.69, 9.17) is 4.42 Å². The molecule has 0 aliphatic rings. The average Bonchev–Trinajstić information content (AvgIpc) is 3.23. The summed E-state index contributed by atoms with van der Waals surface area (Å²) < 4.78 is 5.19. The number of aromatic nitrogens is 1. The summed E-state index contributed by atoms with van der Waals surface area (Å²) in [5, 5.41) is 7.10. The van der Waals surface area contributed by atoms with Crippen molar-refractivity contribution in [2.45, 2.75) is 39.9 Å². The molecule has 1 amide bonds. The highest BCUT2D eigenvalue weighted by molar-refractivity contribution is 7.15. The van der Waals surface area contributed by atoms with Crippen molar-refractivity contribution in [2.24, 2.45) is 0 Å². The smallest absolute Gasteiger partial charge is 0.237 e. The molecule has 0 aliphatic heterocycles. The second-order valence-electron chi connectivity index (χ2n) is 5.18. The van der Waals surface area contributed by atoms with Crippen LogP contribution in [0.3, 0.4) is 0 Å². The highest BCUT2D eigenvalue weighted by Gasteiger charge is 2.14. The molecule has 2 aromatic rings. The monoisotopic (exact) mass is 336 g/mol. The summed E-state index contributed by atoms with van der Waals surface area (Å²) >= 11 is 1.66. The summed E-state index contributed by atoms with van der Waals surface area (Å²) in [4.78, 5) is 19.8. The third kappa shape index (κ3) is 5.07. The van der Waals surface area contributed by atoms with E-state index in [9.17, 15) is 4.79 Å². The first-order valence-electron chi connectivity index (χ1n) is 7.87. The Kier molecular flexibility index (Phi) is 6.61. The van der Waals surface area contributed by atoms with Gasteiger partial charge in [0.2, 0.25) is 5.91 Å². The van der Waals surface area contributed by atoms with Crippen LogP contribution >= 0.6 is 11.3 Å². The molecule has 0 saturated heterocycles. The number of carbonyl (C=O) groups is 1. The summed E-state index contributed by atoms with van der Waals surface area (Å²) in [6.07, 6.45) is 3.47. The van der Waals surface area contributed by atoms with Crippen molar-refractivity contribution in [2.75, 3.05) is 18.0 Å². The van der Waals surface area contributed by atoms with Gasteiger partial charge in [-0.1, -0.05) is 0 Å². The molecule has 126 valence electrons. The fraction of sp³-hybridized carbons (Fsp3) is 0.500. The number of thiazole rings is 1. The van der Waals surface area contributed by atoms with Crippen LogP contribution in [0.5, 0.6) is 0 Å². The minimum atomic E-state index is -0.274. The Morgan fingerprint density at radius 3 is 2.83 bits per heavy atom. The maximum Gasteiger partial charge on any atom is 0.237 e. The van der Waals surface area contributed by atoms with Gasteiger partial charge in [0, 0.05) is 30.7 Å². The number of amides is 1. The van der Waals surface area contributed by atoms with E-state index in [-0.39, 0.29) is 11.9 Å². The first kappa shape index (κ1) is 17.5. The summed E-state index contributed by atoms with van der Waals surface area (Å²) in [6, 6.07) is 3.37. The van der Waals surface area contributed by atoms with E-state index in [1.54, 1.807) is 23.7 Å². The summed E-state index contributed by atoms with van der Waals surface area (Å²) in [5.74, 6) is 0.701. The maximum atomic E-state index is 12.0. The number of carbonyl (C=O) groups excluding carboxylic acids is 1. The first-order chi connectivity index (χ1) is 11.1. The number of nitrogens with zero attached hydrogens (tertiary/aromatic N) is 2. The molecule has 0 spiro atoms. The topological polar surface area (TPSA) is 70.4 Å². The lowest BCUT2D eigenvalue weighted by Crippen LogP contribution is -2.41. The lowest BCUT2D eigenvalue weighted by atomic mass is 10.3. The molecule has 2 heterocycles. The predicted molar refractivity (Wildman–Crippen MR) is 92.5 cm³/mol. The minimum Gasteiger partial charge on any atom is -0.467 e. The van der Waals surface area contributed by atoms with Gasteiger partial charge in [-0.3, -0.25) is 4.79 Å². The largest absolute Gasteiger partial charge is 0.467 e. The van der Waals surface area contributed by atoms with Crippen LogP contribution in [0.1, 0.15) is 31.4 Å². The van der Waals surface area contributed by atoms with Crippen LogP contribution in [0.4, 0.5) is 5.13 Å². The SMILES string of the molecule is CCN(CC)c1ncc(CNC(C)C(=O)NCc2ccco2)s1. The van der Waals surface area contributed by atoms with Crippen molar-refractivity contribution < 1.29 is 9.21 Å². The number of furan rings is 1. The van der Waals surface area contributed by atoms with Crippen molar-refractivity contribution in [3.8, 4) is 0 Å². The van der Waals surface area contributed by atoms with E-state index < -0.39 is 0 Å². The van der Waals surface area contributed by atoms with Crippen LogP contribution in [0.25, 0.3) is 0 Å². The van der Waals surface area contributed by atoms with Gasteiger partial charge < -0.3 is 20.0 Å². The Hall–Kier alpha value is -1.86. The zero-order valence-corrected chi connectivity index (χ0v) is 14.7. The Labute approximate surface area is 140 Å². The molecule has 0 bridgehead atoms. The lowest BCUT2D eigenvalue weighted by molar-refractivity contribution is -0.123. The number of hydrogen-bond donors (Lipinski definition) is 2. The van der Waals surface area contributed by atoms with Gasteiger partial charge >= 0.3 is 0 Å². The van der Waals surface area contributed by atoms with E-state index >= 15 is 0 Å². The minimum absolute atomic E-state index is 0.0464. The molecule has 2 aromatic heterocycles. The summed E-state index contributed by atoms with van der Waals surface area (Å²) in [6.45, 7) is 9.02. The van der Waals surface area contributed by atoms with E-state index in [1.807, 2.05) is 19.2 Å². The number of rotatable bonds is 9. The number of nitrogens with one attached hydrogen (secondary N) is 2. The molecule has 0 aliphatic carbocycles. The van der Waals surface area contributed by atoms with Crippen LogP contribution in [-0.4, -0.2) is 30.0 Å². The van der Waals surface area contributed by atoms with Gasteiger partial charge in [0.05, 0.1) is 18.8 Å². The van der Waals surface area contributed by atoms with Crippen LogP contribution in [0, 0.1) is 0 Å². The van der Waals surface area contributed by atoms with E-state index in [1.165, 1.54) is 0 Å². The fourth-order valence-corrected chi connectivity index (χ4v) is 3.09. The van der Waals surface area contributed by atoms with Gasteiger partial charge in [0.15, 0.2) is 5.13 Å². The predicted octanol–water partition coefficient (Wildman–Crippen LogP) is 2.38. The molecule has 7 heteroatoms. The second kappa shape index (κ2) is 8.69. The quantitative estimate of drug-likeness (QED) is 0.736. The lowest BCUT2D eigenvalue weighted by Gasteiger charge is -2.16. The van der Waals surface area contributed by atoms with E-state index in [2.05, 4.69) is 34.4 Å². The zero-order valence-electron chi connectivity index (χ0n) is 13.8. The second-order valence-corrected chi connectivity index (χ2v) is 6.27. The van der Waals surface area contributed by atoms with Crippen molar-refractivity contribution >= 4 is 22.4 Å². The molecule has 6 nitrogen and oxygen atoms in total. The van der Waals surface area contributed by atoms with Crippen molar-refractivity contribution in [3.05, 3.63) is 35.2 Å². The molecule has 0 radical (unpaired) electrons. The van der Waals surface area contributed by atoms with E-state index in [0.29, 0.717) is 13.1 Å². The molecule has 1 atom stereocenters. The van der Waals surface area contributed by atoms with Crippen LogP contribution < -0.4 is 15.5 Å². The molecular formula is C16H24N4O2S. The van der Waals surface area contributed by atoms with E-state index in [0.717, 1.165) is 28.9 Å². The third-order valence-corrected chi connectivity index (χ3v) is 4.63. The summed E-state index contributed by atoms with van der Waals surface area (Å²) in [7, 11) is 0. The Morgan fingerprint density at radius 2 is 2.17 bits per heavy atom. The molecule has 0 saturated carbocycles. The van der Waals surface area contributed by atoms with Gasteiger partial charge in [-0.2, -0.15) is 0 Å². The van der Waals surface area contributed by atoms with Gasteiger partial charge in [0.25, 0.3) is 0 Å². The zero-order chi connectivity index (χ0) is 16.7. The fourth-order valence-electron chi connectivity index (χ4n) is 2.11. The van der Waals surface area contributed by atoms with Gasteiger partial charge in [0.1, 0.15) is 5.76 Å². The Bertz CT molecular complexity index is 593. The van der Waals surface area contributed by atoms with Gasteiger partial charge in [-0.25, -0.2) is 4.98 Å². The molecule has 0 aromatic carbocycles. The average molecular weight is 336 g/mol. The maximum absolute atomic E-state index is 12.0. The summed E-state index contributed by atoms with van der Waals surface area (Å²) in [5.41, 5.74) is 0. The first-order valence-corrected chi connectivity index (χ1v) is 8.68. The molecule has 2 N–H and O–H groups in total. The Balaban J connectivity index is 1.77. The van der Waals surface area contributed by atoms with Gasteiger partial charge in [-0.05, 0) is 32.9 Å². The standard InChI is InChI=1S/C16H24N4O2S/c1-4-20(5-2)16-19-11-14(23-16)10-17-12(3)15(21)18-9-13-7-6-8-22-13/h6-8,11-12,17H,4-5,9-10H2,1-3H3,(H,18,21). The van der Waals surface area contributed by atoms with Crippen LogP contribution in [0.15, 0.2) is 29.0 Å². The molecular weight excluding hydrogens is 312 g/mol. The number of hydrogen-bond acceptors (Lipinski definition) is 6. The van der Waals surface area contributed by atoms with Crippen LogP contribution in [0.2, 0.25) is 0 Å². The normalized spacial score (nSPS) is 12.1.